The Hall–Kier alpha value is -1.96. The Morgan fingerprint density at radius 3 is 2.68 bits per heavy atom. The van der Waals surface area contributed by atoms with Gasteiger partial charge in [-0.2, -0.15) is 0 Å². The van der Waals surface area contributed by atoms with Gasteiger partial charge in [0.25, 0.3) is 11.6 Å². The van der Waals surface area contributed by atoms with E-state index in [4.69, 9.17) is 10.3 Å². The number of fused-ring (bicyclic) bond motifs is 1. The lowest BCUT2D eigenvalue weighted by atomic mass is 10.1. The van der Waals surface area contributed by atoms with Crippen molar-refractivity contribution in [1.29, 1.82) is 0 Å². The Kier molecular flexibility index (Phi) is 5.82. The molecule has 0 aromatic carbocycles. The number of halogens is 1. The molecule has 3 rings (SSSR count). The van der Waals surface area contributed by atoms with Crippen LogP contribution in [0.3, 0.4) is 0 Å². The molecule has 0 aliphatic rings. The van der Waals surface area contributed by atoms with Crippen molar-refractivity contribution in [2.24, 2.45) is 5.73 Å². The molecule has 0 aliphatic heterocycles. The van der Waals surface area contributed by atoms with Crippen LogP contribution in [0.5, 0.6) is 0 Å². The molecule has 3 aromatic heterocycles. The Morgan fingerprint density at radius 1 is 1.36 bits per heavy atom. The lowest BCUT2D eigenvalue weighted by Crippen LogP contribution is -2.37. The summed E-state index contributed by atoms with van der Waals surface area (Å²) in [6.07, 6.45) is 0. The molecule has 134 valence electrons. The van der Waals surface area contributed by atoms with E-state index in [0.717, 1.165) is 10.4 Å². The van der Waals surface area contributed by atoms with Gasteiger partial charge in [-0.25, -0.2) is 4.98 Å². The number of rotatable bonds is 4. The number of carbonyl (C=O) groups excluding carboxylic acids is 1. The highest BCUT2D eigenvalue weighted by Crippen LogP contribution is 2.32. The van der Waals surface area contributed by atoms with Gasteiger partial charge in [0.1, 0.15) is 0 Å². The van der Waals surface area contributed by atoms with Gasteiger partial charge in [0.2, 0.25) is 0 Å². The van der Waals surface area contributed by atoms with Crippen LogP contribution in [0, 0.1) is 20.8 Å². The van der Waals surface area contributed by atoms with Crippen molar-refractivity contribution in [3.63, 3.8) is 0 Å². The molecule has 0 saturated carbocycles. The van der Waals surface area contributed by atoms with Crippen LogP contribution in [0.4, 0.5) is 0 Å². The molecule has 0 aliphatic carbocycles. The van der Waals surface area contributed by atoms with Gasteiger partial charge in [-0.3, -0.25) is 4.79 Å². The van der Waals surface area contributed by atoms with Crippen LogP contribution in [-0.4, -0.2) is 28.6 Å². The van der Waals surface area contributed by atoms with Crippen LogP contribution in [0.15, 0.2) is 16.7 Å². The first-order valence-electron chi connectivity index (χ1n) is 7.76. The van der Waals surface area contributed by atoms with Gasteiger partial charge in [0, 0.05) is 27.9 Å². The minimum absolute atomic E-state index is 0. The summed E-state index contributed by atoms with van der Waals surface area (Å²) < 4.78 is 5.32. The number of aromatic nitrogens is 2. The number of pyridine rings is 1. The molecule has 1 amide bonds. The number of carbonyl (C=O) groups is 1. The summed E-state index contributed by atoms with van der Waals surface area (Å²) >= 11 is 1.70. The maximum Gasteiger partial charge on any atom is 0.259 e. The highest BCUT2D eigenvalue weighted by molar-refractivity contribution is 7.12. The highest BCUT2D eigenvalue weighted by Gasteiger charge is 2.21. The maximum absolute atomic E-state index is 12.7. The smallest absolute Gasteiger partial charge is 0.259 e. The van der Waals surface area contributed by atoms with Gasteiger partial charge in [-0.15, -0.1) is 23.7 Å². The van der Waals surface area contributed by atoms with Crippen LogP contribution >= 0.6 is 23.7 Å². The molecule has 3 N–H and O–H groups in total. The van der Waals surface area contributed by atoms with Crippen molar-refractivity contribution >= 4 is 40.8 Å². The normalized spacial score (nSPS) is 12.0. The van der Waals surface area contributed by atoms with Crippen LogP contribution in [-0.2, 0) is 0 Å². The van der Waals surface area contributed by atoms with E-state index in [1.54, 1.807) is 24.3 Å². The monoisotopic (exact) mass is 380 g/mol. The first-order chi connectivity index (χ1) is 11.4. The lowest BCUT2D eigenvalue weighted by Gasteiger charge is -2.12. The zero-order chi connectivity index (χ0) is 17.4. The van der Waals surface area contributed by atoms with E-state index in [9.17, 15) is 4.79 Å². The van der Waals surface area contributed by atoms with Crippen LogP contribution in [0.25, 0.3) is 22.4 Å². The lowest BCUT2D eigenvalue weighted by molar-refractivity contribution is 0.0943. The number of amides is 1. The molecular formula is C17H21ClN4O2S. The average Bonchev–Trinajstić information content (AvgIpc) is 3.08. The number of nitrogens with zero attached hydrogens (tertiary/aromatic N) is 2. The molecular weight excluding hydrogens is 360 g/mol. The number of hydrogen-bond donors (Lipinski definition) is 2. The summed E-state index contributed by atoms with van der Waals surface area (Å²) in [4.78, 5) is 19.6. The van der Waals surface area contributed by atoms with Gasteiger partial charge in [-0.1, -0.05) is 5.16 Å². The molecule has 0 bridgehead atoms. The Morgan fingerprint density at radius 2 is 2.08 bits per heavy atom. The zero-order valence-corrected chi connectivity index (χ0v) is 16.2. The van der Waals surface area contributed by atoms with Gasteiger partial charge in [0.05, 0.1) is 22.3 Å². The molecule has 25 heavy (non-hydrogen) atoms. The van der Waals surface area contributed by atoms with Crippen molar-refractivity contribution in [2.45, 2.75) is 33.7 Å². The molecule has 1 atom stereocenters. The standard InChI is InChI=1S/C17H20N4O2S.ClH/c1-8(7-18)19-16(22)13-6-14(12-5-9(2)24-11(12)4)20-17-15(13)10(3)21-23-17;/h5-6,8H,7,18H2,1-4H3,(H,19,22);1H/t8-;/m0./s1. The molecule has 0 unspecified atom stereocenters. The molecule has 0 spiro atoms. The highest BCUT2D eigenvalue weighted by atomic mass is 35.5. The van der Waals surface area contributed by atoms with Gasteiger partial charge in [-0.05, 0) is 39.8 Å². The Bertz CT molecular complexity index is 919. The number of nitrogens with two attached hydrogens (primary N) is 1. The van der Waals surface area contributed by atoms with Gasteiger partial charge >= 0.3 is 0 Å². The number of aryl methyl sites for hydroxylation is 3. The molecule has 3 heterocycles. The fourth-order valence-electron chi connectivity index (χ4n) is 2.66. The quantitative estimate of drug-likeness (QED) is 0.723. The summed E-state index contributed by atoms with van der Waals surface area (Å²) in [6.45, 7) is 8.13. The molecule has 3 aromatic rings. The third-order valence-electron chi connectivity index (χ3n) is 3.91. The van der Waals surface area contributed by atoms with Crippen LogP contribution < -0.4 is 11.1 Å². The summed E-state index contributed by atoms with van der Waals surface area (Å²) in [5.74, 6) is -0.197. The van der Waals surface area contributed by atoms with Crippen LogP contribution in [0.2, 0.25) is 0 Å². The van der Waals surface area contributed by atoms with Crippen molar-refractivity contribution in [3.8, 4) is 11.3 Å². The summed E-state index contributed by atoms with van der Waals surface area (Å²) in [7, 11) is 0. The van der Waals surface area contributed by atoms with Crippen LogP contribution in [0.1, 0.15) is 32.7 Å². The van der Waals surface area contributed by atoms with E-state index in [1.165, 1.54) is 4.88 Å². The first kappa shape index (κ1) is 19.4. The van der Waals surface area contributed by atoms with Gasteiger partial charge in [0.15, 0.2) is 0 Å². The Balaban J connectivity index is 0.00000225. The van der Waals surface area contributed by atoms with Crippen molar-refractivity contribution in [2.75, 3.05) is 6.54 Å². The minimum Gasteiger partial charge on any atom is -0.348 e. The van der Waals surface area contributed by atoms with E-state index >= 15 is 0 Å². The molecule has 0 saturated heterocycles. The second-order valence-electron chi connectivity index (χ2n) is 5.94. The largest absolute Gasteiger partial charge is 0.348 e. The average molecular weight is 381 g/mol. The molecule has 0 radical (unpaired) electrons. The third-order valence-corrected chi connectivity index (χ3v) is 4.88. The predicted molar refractivity (Wildman–Crippen MR) is 103 cm³/mol. The van der Waals surface area contributed by atoms with Crippen molar-refractivity contribution in [1.82, 2.24) is 15.5 Å². The predicted octanol–water partition coefficient (Wildman–Crippen LogP) is 3.38. The third kappa shape index (κ3) is 3.68. The topological polar surface area (TPSA) is 94.0 Å². The Labute approximate surface area is 156 Å². The van der Waals surface area contributed by atoms with Crippen molar-refractivity contribution < 1.29 is 9.32 Å². The SMILES string of the molecule is Cc1cc(-c2cc(C(=O)N[C@@H](C)CN)c3c(C)noc3n2)c(C)s1.Cl. The second-order valence-corrected chi connectivity index (χ2v) is 7.40. The summed E-state index contributed by atoms with van der Waals surface area (Å²) in [5, 5.41) is 7.50. The van der Waals surface area contributed by atoms with E-state index in [1.807, 2.05) is 13.8 Å². The fourth-order valence-corrected chi connectivity index (χ4v) is 3.59. The summed E-state index contributed by atoms with van der Waals surface area (Å²) in [6, 6.07) is 3.76. The van der Waals surface area contributed by atoms with E-state index < -0.39 is 0 Å². The van der Waals surface area contributed by atoms with E-state index in [2.05, 4.69) is 28.4 Å². The molecule has 0 fully saturated rings. The molecule has 6 nitrogen and oxygen atoms in total. The number of thiophene rings is 1. The van der Waals surface area contributed by atoms with Crippen molar-refractivity contribution in [3.05, 3.63) is 33.1 Å². The summed E-state index contributed by atoms with van der Waals surface area (Å²) in [5.41, 5.74) is 8.86. The number of hydrogen-bond acceptors (Lipinski definition) is 6. The zero-order valence-electron chi connectivity index (χ0n) is 14.5. The second kappa shape index (κ2) is 7.51. The van der Waals surface area contributed by atoms with E-state index in [-0.39, 0.29) is 24.4 Å². The van der Waals surface area contributed by atoms with Gasteiger partial charge < -0.3 is 15.6 Å². The maximum atomic E-state index is 12.7. The number of nitrogens with one attached hydrogen (secondary N) is 1. The molecule has 8 heteroatoms. The van der Waals surface area contributed by atoms with E-state index in [0.29, 0.717) is 34.6 Å². The fraction of sp³-hybridized carbons (Fsp3) is 0.353. The minimum atomic E-state index is -0.197. The first-order valence-corrected chi connectivity index (χ1v) is 8.57.